The fourth-order valence-electron chi connectivity index (χ4n) is 2.95. The molecule has 104 valence electrons. The molecule has 2 aliphatic rings. The van der Waals surface area contributed by atoms with Crippen LogP contribution in [0, 0.1) is 0 Å². The maximum Gasteiger partial charge on any atom is 0.225 e. The molecule has 1 amide bonds. The Labute approximate surface area is 110 Å². The highest BCUT2D eigenvalue weighted by Gasteiger charge is 2.25. The molecular weight excluding hydrogens is 228 g/mol. The van der Waals surface area contributed by atoms with Crippen LogP contribution >= 0.6 is 0 Å². The number of nitrogens with zero attached hydrogens (tertiary/aromatic N) is 1. The van der Waals surface area contributed by atoms with E-state index in [9.17, 15) is 4.79 Å². The normalized spacial score (nSPS) is 29.3. The summed E-state index contributed by atoms with van der Waals surface area (Å²) in [4.78, 5) is 14.3. The Hall–Kier alpha value is -0.610. The highest BCUT2D eigenvalue weighted by atomic mass is 16.5. The first-order valence-electron chi connectivity index (χ1n) is 7.42. The predicted molar refractivity (Wildman–Crippen MR) is 71.5 cm³/mol. The molecule has 2 unspecified atom stereocenters. The minimum atomic E-state index is 0.172. The molecule has 18 heavy (non-hydrogen) atoms. The molecule has 4 nitrogen and oxygen atoms in total. The van der Waals surface area contributed by atoms with E-state index in [-0.39, 0.29) is 12.0 Å². The second-order valence-electron chi connectivity index (χ2n) is 5.43. The van der Waals surface area contributed by atoms with Gasteiger partial charge in [-0.2, -0.15) is 0 Å². The monoisotopic (exact) mass is 254 g/mol. The highest BCUT2D eigenvalue weighted by Crippen LogP contribution is 2.18. The summed E-state index contributed by atoms with van der Waals surface area (Å²) in [5, 5.41) is 3.45. The first-order chi connectivity index (χ1) is 8.79. The quantitative estimate of drug-likeness (QED) is 0.827. The van der Waals surface area contributed by atoms with Crippen molar-refractivity contribution in [3.63, 3.8) is 0 Å². The van der Waals surface area contributed by atoms with E-state index >= 15 is 0 Å². The molecule has 2 fully saturated rings. The number of piperidine rings is 1. The minimum Gasteiger partial charge on any atom is -0.378 e. The third-order valence-corrected chi connectivity index (χ3v) is 3.94. The smallest absolute Gasteiger partial charge is 0.225 e. The molecule has 0 aromatic rings. The van der Waals surface area contributed by atoms with Crippen LogP contribution in [0.5, 0.6) is 0 Å². The summed E-state index contributed by atoms with van der Waals surface area (Å²) < 4.78 is 5.65. The molecule has 1 N–H and O–H groups in total. The van der Waals surface area contributed by atoms with Crippen LogP contribution < -0.4 is 5.32 Å². The van der Waals surface area contributed by atoms with E-state index in [0.29, 0.717) is 12.5 Å². The molecule has 0 radical (unpaired) electrons. The fourth-order valence-corrected chi connectivity index (χ4v) is 2.95. The van der Waals surface area contributed by atoms with Gasteiger partial charge in [0.1, 0.15) is 0 Å². The second-order valence-corrected chi connectivity index (χ2v) is 5.43. The molecule has 2 heterocycles. The maximum absolute atomic E-state index is 12.2. The maximum atomic E-state index is 12.2. The zero-order valence-corrected chi connectivity index (χ0v) is 11.5. The summed E-state index contributed by atoms with van der Waals surface area (Å²) in [5.74, 6) is 0.282. The van der Waals surface area contributed by atoms with Gasteiger partial charge >= 0.3 is 0 Å². The Balaban J connectivity index is 1.76. The van der Waals surface area contributed by atoms with Crippen molar-refractivity contribution in [1.29, 1.82) is 0 Å². The van der Waals surface area contributed by atoms with E-state index < -0.39 is 0 Å². The molecule has 2 aliphatic heterocycles. The van der Waals surface area contributed by atoms with Gasteiger partial charge in [-0.3, -0.25) is 4.79 Å². The van der Waals surface area contributed by atoms with Crippen molar-refractivity contribution in [3.05, 3.63) is 0 Å². The van der Waals surface area contributed by atoms with E-state index in [1.165, 1.54) is 12.8 Å². The molecule has 4 heteroatoms. The average Bonchev–Trinajstić information content (AvgIpc) is 2.40. The van der Waals surface area contributed by atoms with Crippen LogP contribution in [0.3, 0.4) is 0 Å². The highest BCUT2D eigenvalue weighted by molar-refractivity contribution is 5.76. The molecule has 2 rings (SSSR count). The van der Waals surface area contributed by atoms with Gasteiger partial charge in [-0.05, 0) is 38.6 Å². The summed E-state index contributed by atoms with van der Waals surface area (Å²) in [6.45, 7) is 5.74. The zero-order chi connectivity index (χ0) is 12.8. The van der Waals surface area contributed by atoms with Crippen LogP contribution in [0.4, 0.5) is 0 Å². The van der Waals surface area contributed by atoms with Gasteiger partial charge in [0.25, 0.3) is 0 Å². The molecule has 2 atom stereocenters. The number of carbonyl (C=O) groups excluding carboxylic acids is 1. The van der Waals surface area contributed by atoms with E-state index in [1.54, 1.807) is 0 Å². The van der Waals surface area contributed by atoms with Crippen molar-refractivity contribution in [1.82, 2.24) is 10.2 Å². The topological polar surface area (TPSA) is 41.6 Å². The Morgan fingerprint density at radius 2 is 2.22 bits per heavy atom. The van der Waals surface area contributed by atoms with E-state index in [1.807, 2.05) is 4.90 Å². The van der Waals surface area contributed by atoms with Gasteiger partial charge in [0.2, 0.25) is 5.91 Å². The Morgan fingerprint density at radius 3 is 2.94 bits per heavy atom. The van der Waals surface area contributed by atoms with Crippen molar-refractivity contribution in [2.75, 3.05) is 26.2 Å². The van der Waals surface area contributed by atoms with Gasteiger partial charge in [0, 0.05) is 25.7 Å². The summed E-state index contributed by atoms with van der Waals surface area (Å²) in [7, 11) is 0. The van der Waals surface area contributed by atoms with Crippen LogP contribution in [0.15, 0.2) is 0 Å². The molecule has 0 aliphatic carbocycles. The number of hydrogen-bond donors (Lipinski definition) is 1. The van der Waals surface area contributed by atoms with Crippen LogP contribution in [0.25, 0.3) is 0 Å². The number of amides is 1. The van der Waals surface area contributed by atoms with Crippen molar-refractivity contribution in [2.45, 2.75) is 57.6 Å². The Morgan fingerprint density at radius 1 is 1.33 bits per heavy atom. The third kappa shape index (κ3) is 3.95. The number of likely N-dealkylation sites (tertiary alicyclic amines) is 1. The number of hydrogen-bond acceptors (Lipinski definition) is 3. The first kappa shape index (κ1) is 13.8. The summed E-state index contributed by atoms with van der Waals surface area (Å²) in [5.41, 5.74) is 0. The molecule has 0 bridgehead atoms. The SMILES string of the molecule is CCNC1CCCN(C(=O)CC2CCCCO2)C1. The third-order valence-electron chi connectivity index (χ3n) is 3.94. The van der Waals surface area contributed by atoms with Gasteiger partial charge in [0.15, 0.2) is 0 Å². The Kier molecular flexibility index (Phi) is 5.45. The number of likely N-dealkylation sites (N-methyl/N-ethyl adjacent to an activating group) is 1. The minimum absolute atomic E-state index is 0.172. The predicted octanol–water partition coefficient (Wildman–Crippen LogP) is 1.55. The lowest BCUT2D eigenvalue weighted by Gasteiger charge is -2.34. The first-order valence-corrected chi connectivity index (χ1v) is 7.42. The summed E-state index contributed by atoms with van der Waals surface area (Å²) in [6, 6.07) is 0.486. The van der Waals surface area contributed by atoms with Crippen molar-refractivity contribution in [2.24, 2.45) is 0 Å². The van der Waals surface area contributed by atoms with Gasteiger partial charge in [-0.1, -0.05) is 6.92 Å². The van der Waals surface area contributed by atoms with Gasteiger partial charge in [0.05, 0.1) is 12.5 Å². The number of rotatable bonds is 4. The standard InChI is InChI=1S/C14H26N2O2/c1-2-15-12-6-5-8-16(11-12)14(17)10-13-7-3-4-9-18-13/h12-13,15H,2-11H2,1H3. The molecule has 0 saturated carbocycles. The van der Waals surface area contributed by atoms with Crippen LogP contribution in [0.2, 0.25) is 0 Å². The lowest BCUT2D eigenvalue weighted by atomic mass is 10.0. The van der Waals surface area contributed by atoms with Crippen LogP contribution in [0.1, 0.15) is 45.4 Å². The molecular formula is C14H26N2O2. The molecule has 0 aromatic heterocycles. The van der Waals surface area contributed by atoms with Crippen molar-refractivity contribution in [3.8, 4) is 0 Å². The lowest BCUT2D eigenvalue weighted by molar-refractivity contribution is -0.136. The van der Waals surface area contributed by atoms with Crippen LogP contribution in [-0.2, 0) is 9.53 Å². The van der Waals surface area contributed by atoms with E-state index in [4.69, 9.17) is 4.74 Å². The average molecular weight is 254 g/mol. The molecule has 0 spiro atoms. The lowest BCUT2D eigenvalue weighted by Crippen LogP contribution is -2.48. The van der Waals surface area contributed by atoms with Crippen molar-refractivity contribution < 1.29 is 9.53 Å². The molecule has 2 saturated heterocycles. The summed E-state index contributed by atoms with van der Waals surface area (Å²) >= 11 is 0. The van der Waals surface area contributed by atoms with Gasteiger partial charge in [-0.15, -0.1) is 0 Å². The fraction of sp³-hybridized carbons (Fsp3) is 0.929. The van der Waals surface area contributed by atoms with Gasteiger partial charge in [-0.25, -0.2) is 0 Å². The summed E-state index contributed by atoms with van der Waals surface area (Å²) in [6.07, 6.45) is 6.47. The van der Waals surface area contributed by atoms with Crippen LogP contribution in [-0.4, -0.2) is 49.2 Å². The van der Waals surface area contributed by atoms with Crippen molar-refractivity contribution >= 4 is 5.91 Å². The van der Waals surface area contributed by atoms with E-state index in [2.05, 4.69) is 12.2 Å². The Bertz CT molecular complexity index is 263. The number of ether oxygens (including phenoxy) is 1. The number of nitrogens with one attached hydrogen (secondary N) is 1. The largest absolute Gasteiger partial charge is 0.378 e. The number of carbonyl (C=O) groups is 1. The van der Waals surface area contributed by atoms with E-state index in [0.717, 1.165) is 45.5 Å². The zero-order valence-electron chi connectivity index (χ0n) is 11.5. The molecule has 0 aromatic carbocycles. The van der Waals surface area contributed by atoms with Gasteiger partial charge < -0.3 is 15.0 Å². The second kappa shape index (κ2) is 7.10.